The van der Waals surface area contributed by atoms with E-state index in [-0.39, 0.29) is 11.8 Å². The van der Waals surface area contributed by atoms with Crippen LogP contribution >= 0.6 is 0 Å². The molecule has 6 nitrogen and oxygen atoms in total. The number of amides is 2. The van der Waals surface area contributed by atoms with Crippen molar-refractivity contribution in [3.8, 4) is 22.5 Å². The number of nitrogens with zero attached hydrogens (tertiary/aromatic N) is 4. The molecular formula is C32H26N4O2. The van der Waals surface area contributed by atoms with Gasteiger partial charge in [-0.05, 0) is 42.5 Å². The molecule has 0 bridgehead atoms. The summed E-state index contributed by atoms with van der Waals surface area (Å²) < 4.78 is 0. The normalized spacial score (nSPS) is 10.6. The number of hydrogen-bond donors (Lipinski definition) is 0. The Labute approximate surface area is 221 Å². The van der Waals surface area contributed by atoms with Crippen molar-refractivity contribution in [2.75, 3.05) is 23.9 Å². The van der Waals surface area contributed by atoms with E-state index < -0.39 is 0 Å². The van der Waals surface area contributed by atoms with Gasteiger partial charge in [-0.3, -0.25) is 19.6 Å². The maximum absolute atomic E-state index is 13.3. The number of hydrogen-bond acceptors (Lipinski definition) is 4. The van der Waals surface area contributed by atoms with Crippen LogP contribution in [0.4, 0.5) is 11.4 Å². The molecule has 0 aliphatic rings. The summed E-state index contributed by atoms with van der Waals surface area (Å²) in [5, 5.41) is 0. The Bertz CT molecular complexity index is 1440. The molecule has 0 spiro atoms. The first-order valence-corrected chi connectivity index (χ1v) is 12.2. The second kappa shape index (κ2) is 10.9. The van der Waals surface area contributed by atoms with Crippen molar-refractivity contribution in [1.29, 1.82) is 0 Å². The van der Waals surface area contributed by atoms with Crippen molar-refractivity contribution >= 4 is 23.2 Å². The van der Waals surface area contributed by atoms with Crippen molar-refractivity contribution in [2.45, 2.75) is 0 Å². The minimum atomic E-state index is -0.231. The number of carbonyl (C=O) groups excluding carboxylic acids is 2. The quantitative estimate of drug-likeness (QED) is 0.273. The van der Waals surface area contributed by atoms with E-state index in [4.69, 9.17) is 0 Å². The maximum Gasteiger partial charge on any atom is 0.258 e. The lowest BCUT2D eigenvalue weighted by molar-refractivity contribution is 0.0992. The van der Waals surface area contributed by atoms with Gasteiger partial charge in [0.05, 0.1) is 35.2 Å². The molecule has 0 saturated heterocycles. The van der Waals surface area contributed by atoms with Crippen molar-refractivity contribution < 1.29 is 9.59 Å². The predicted molar refractivity (Wildman–Crippen MR) is 151 cm³/mol. The third-order valence-corrected chi connectivity index (χ3v) is 6.38. The Kier molecular flexibility index (Phi) is 7.04. The molecule has 5 aromatic rings. The second-order valence-corrected chi connectivity index (χ2v) is 8.84. The third kappa shape index (κ3) is 5.20. The minimum absolute atomic E-state index is 0.231. The van der Waals surface area contributed by atoms with Gasteiger partial charge in [-0.15, -0.1) is 0 Å². The lowest BCUT2D eigenvalue weighted by Crippen LogP contribution is -2.28. The van der Waals surface area contributed by atoms with Crippen LogP contribution in [0.3, 0.4) is 0 Å². The van der Waals surface area contributed by atoms with Gasteiger partial charge >= 0.3 is 0 Å². The van der Waals surface area contributed by atoms with Gasteiger partial charge in [-0.2, -0.15) is 0 Å². The lowest BCUT2D eigenvalue weighted by Gasteiger charge is -2.19. The number of rotatable bonds is 6. The molecule has 0 aliphatic carbocycles. The summed E-state index contributed by atoms with van der Waals surface area (Å²) in [6, 6.07) is 34.0. The molecule has 0 fully saturated rings. The van der Waals surface area contributed by atoms with E-state index in [9.17, 15) is 9.59 Å². The highest BCUT2D eigenvalue weighted by molar-refractivity contribution is 6.10. The first-order valence-electron chi connectivity index (χ1n) is 12.2. The summed E-state index contributed by atoms with van der Waals surface area (Å²) >= 11 is 0. The molecule has 0 unspecified atom stereocenters. The summed E-state index contributed by atoms with van der Waals surface area (Å²) in [6.45, 7) is 0. The van der Waals surface area contributed by atoms with Crippen LogP contribution in [0.1, 0.15) is 20.7 Å². The van der Waals surface area contributed by atoms with Gasteiger partial charge in [0, 0.05) is 36.3 Å². The van der Waals surface area contributed by atoms with Crippen LogP contribution in [-0.4, -0.2) is 35.9 Å². The first-order chi connectivity index (χ1) is 18.5. The van der Waals surface area contributed by atoms with Crippen molar-refractivity contribution in [2.24, 2.45) is 0 Å². The molecule has 186 valence electrons. The number of aromatic nitrogens is 2. The van der Waals surface area contributed by atoms with Gasteiger partial charge in [0.25, 0.3) is 11.8 Å². The Morgan fingerprint density at radius 3 is 1.32 bits per heavy atom. The Morgan fingerprint density at radius 2 is 0.947 bits per heavy atom. The smallest absolute Gasteiger partial charge is 0.258 e. The number of anilines is 2. The van der Waals surface area contributed by atoms with Crippen molar-refractivity contribution in [1.82, 2.24) is 9.97 Å². The van der Waals surface area contributed by atoms with Crippen LogP contribution in [0.15, 0.2) is 122 Å². The van der Waals surface area contributed by atoms with E-state index in [1.54, 1.807) is 50.8 Å². The average Bonchev–Trinajstić information content (AvgIpc) is 3.00. The number of carbonyl (C=O) groups is 2. The molecule has 0 N–H and O–H groups in total. The highest BCUT2D eigenvalue weighted by Crippen LogP contribution is 2.23. The first kappa shape index (κ1) is 24.6. The van der Waals surface area contributed by atoms with E-state index in [1.165, 1.54) is 9.80 Å². The van der Waals surface area contributed by atoms with Crippen molar-refractivity contribution in [3.05, 3.63) is 133 Å². The zero-order chi connectivity index (χ0) is 26.5. The second-order valence-electron chi connectivity index (χ2n) is 8.84. The lowest BCUT2D eigenvalue weighted by atomic mass is 10.1. The Balaban J connectivity index is 1.30. The molecule has 2 heterocycles. The molecule has 0 radical (unpaired) electrons. The molecule has 38 heavy (non-hydrogen) atoms. The molecule has 0 aliphatic heterocycles. The van der Waals surface area contributed by atoms with Crippen LogP contribution in [-0.2, 0) is 0 Å². The Hall–Kier alpha value is -5.10. The molecular weight excluding hydrogens is 472 g/mol. The molecule has 3 aromatic carbocycles. The van der Waals surface area contributed by atoms with Gasteiger partial charge in [0.2, 0.25) is 0 Å². The molecule has 0 saturated carbocycles. The van der Waals surface area contributed by atoms with Gasteiger partial charge in [-0.1, -0.05) is 66.7 Å². The zero-order valence-corrected chi connectivity index (χ0v) is 21.2. The summed E-state index contributed by atoms with van der Waals surface area (Å²) in [6.07, 6.45) is 3.35. The van der Waals surface area contributed by atoms with Crippen LogP contribution in [0.5, 0.6) is 0 Å². The highest BCUT2D eigenvalue weighted by Gasteiger charge is 2.19. The third-order valence-electron chi connectivity index (χ3n) is 6.38. The van der Waals surface area contributed by atoms with E-state index >= 15 is 0 Å². The molecule has 2 aromatic heterocycles. The summed E-state index contributed by atoms with van der Waals surface area (Å²) in [5.74, 6) is -0.462. The zero-order valence-electron chi connectivity index (χ0n) is 21.2. The fourth-order valence-electron chi connectivity index (χ4n) is 4.14. The van der Waals surface area contributed by atoms with Crippen LogP contribution < -0.4 is 9.80 Å². The molecule has 2 amide bonds. The fourth-order valence-corrected chi connectivity index (χ4v) is 4.14. The summed E-state index contributed by atoms with van der Waals surface area (Å²) in [4.78, 5) is 38.6. The Morgan fingerprint density at radius 1 is 0.526 bits per heavy atom. The van der Waals surface area contributed by atoms with Crippen molar-refractivity contribution in [3.63, 3.8) is 0 Å². The minimum Gasteiger partial charge on any atom is -0.310 e. The van der Waals surface area contributed by atoms with Gasteiger partial charge in [-0.25, -0.2) is 0 Å². The van der Waals surface area contributed by atoms with Gasteiger partial charge in [0.1, 0.15) is 0 Å². The molecule has 0 atom stereocenters. The predicted octanol–water partition coefficient (Wildman–Crippen LogP) is 6.36. The fraction of sp³-hybridized carbons (Fsp3) is 0.0625. The van der Waals surface area contributed by atoms with Crippen LogP contribution in [0, 0.1) is 0 Å². The van der Waals surface area contributed by atoms with Crippen LogP contribution in [0.25, 0.3) is 22.5 Å². The SMILES string of the molecule is CN(C(=O)c1cccc(C(=O)N(C)c2ccc(-c3ccccc3)nc2)c1)c1ccc(-c2ccccc2)nc1. The van der Waals surface area contributed by atoms with E-state index in [0.29, 0.717) is 22.5 Å². The summed E-state index contributed by atoms with van der Waals surface area (Å²) in [7, 11) is 3.39. The molecule has 5 rings (SSSR count). The largest absolute Gasteiger partial charge is 0.310 e. The monoisotopic (exact) mass is 498 g/mol. The topological polar surface area (TPSA) is 66.4 Å². The van der Waals surface area contributed by atoms with E-state index in [2.05, 4.69) is 9.97 Å². The van der Waals surface area contributed by atoms with Gasteiger partial charge in [0.15, 0.2) is 0 Å². The maximum atomic E-state index is 13.3. The summed E-state index contributed by atoms with van der Waals surface area (Å²) in [5.41, 5.74) is 5.82. The number of pyridine rings is 2. The molecule has 6 heteroatoms. The number of benzene rings is 3. The van der Waals surface area contributed by atoms with Crippen LogP contribution in [0.2, 0.25) is 0 Å². The highest BCUT2D eigenvalue weighted by atomic mass is 16.2. The van der Waals surface area contributed by atoms with E-state index in [0.717, 1.165) is 22.5 Å². The van der Waals surface area contributed by atoms with Gasteiger partial charge < -0.3 is 9.80 Å². The standard InChI is InChI=1S/C32H26N4O2/c1-35(27-16-18-29(33-21-27)23-10-5-3-6-11-23)31(37)25-14-9-15-26(20-25)32(38)36(2)28-17-19-30(34-22-28)24-12-7-4-8-13-24/h3-22H,1-2H3. The average molecular weight is 499 g/mol. The van der Waals surface area contributed by atoms with E-state index in [1.807, 2.05) is 84.9 Å².